The lowest BCUT2D eigenvalue weighted by atomic mass is 9.79. The molecule has 1 N–H and O–H groups in total. The van der Waals surface area contributed by atoms with Crippen LogP contribution in [0.3, 0.4) is 0 Å². The van der Waals surface area contributed by atoms with Gasteiger partial charge in [0.2, 0.25) is 0 Å². The Kier molecular flexibility index (Phi) is 6.22. The van der Waals surface area contributed by atoms with Crippen LogP contribution < -0.4 is 5.32 Å². The van der Waals surface area contributed by atoms with Crippen LogP contribution in [0.15, 0.2) is 17.5 Å². The van der Waals surface area contributed by atoms with Gasteiger partial charge in [0.15, 0.2) is 5.78 Å². The lowest BCUT2D eigenvalue weighted by molar-refractivity contribution is -0.120. The first kappa shape index (κ1) is 19.5. The Morgan fingerprint density at radius 1 is 1.30 bits per heavy atom. The third-order valence-corrected chi connectivity index (χ3v) is 3.87. The van der Waals surface area contributed by atoms with Crippen molar-refractivity contribution < 1.29 is 14.0 Å². The Hall–Kier alpha value is -1.56. The quantitative estimate of drug-likeness (QED) is 0.841. The van der Waals surface area contributed by atoms with Gasteiger partial charge >= 0.3 is 0 Å². The number of carbonyl (C=O) groups excluding carboxylic acids is 2. The summed E-state index contributed by atoms with van der Waals surface area (Å²) in [6, 6.07) is 0. The molecular formula is C17H25FN2O2S. The molecule has 1 aliphatic carbocycles. The zero-order valence-corrected chi connectivity index (χ0v) is 15.4. The first-order chi connectivity index (χ1) is 10.4. The van der Waals surface area contributed by atoms with Gasteiger partial charge in [-0.15, -0.1) is 0 Å². The van der Waals surface area contributed by atoms with Gasteiger partial charge in [0.1, 0.15) is 5.69 Å². The number of amides is 1. The summed E-state index contributed by atoms with van der Waals surface area (Å²) < 4.78 is 12.4. The Labute approximate surface area is 141 Å². The molecule has 1 aliphatic rings. The van der Waals surface area contributed by atoms with E-state index < -0.39 is 5.26 Å². The summed E-state index contributed by atoms with van der Waals surface area (Å²) in [6.07, 6.45) is 4.61. The van der Waals surface area contributed by atoms with Crippen molar-refractivity contribution >= 4 is 23.0 Å². The van der Waals surface area contributed by atoms with Crippen molar-refractivity contribution in [3.63, 3.8) is 0 Å². The minimum atomic E-state index is -0.584. The number of thiazole rings is 1. The number of rotatable bonds is 1. The van der Waals surface area contributed by atoms with E-state index >= 15 is 0 Å². The number of ketones is 1. The summed E-state index contributed by atoms with van der Waals surface area (Å²) in [5, 5.41) is 3.50. The Bertz CT molecular complexity index is 594. The molecule has 1 atom stereocenters. The van der Waals surface area contributed by atoms with Crippen LogP contribution in [-0.2, 0) is 4.79 Å². The highest BCUT2D eigenvalue weighted by Crippen LogP contribution is 2.32. The highest BCUT2D eigenvalue weighted by molar-refractivity contribution is 7.08. The average Bonchev–Trinajstić information content (AvgIpc) is 2.95. The predicted molar refractivity (Wildman–Crippen MR) is 91.0 cm³/mol. The van der Waals surface area contributed by atoms with Crippen LogP contribution in [0.25, 0.3) is 0 Å². The fourth-order valence-electron chi connectivity index (χ4n) is 2.09. The van der Waals surface area contributed by atoms with Crippen molar-refractivity contribution in [3.05, 3.63) is 28.5 Å². The summed E-state index contributed by atoms with van der Waals surface area (Å²) in [7, 11) is 0. The molecule has 0 spiro atoms. The van der Waals surface area contributed by atoms with E-state index in [-0.39, 0.29) is 28.5 Å². The van der Waals surface area contributed by atoms with Crippen LogP contribution in [0.5, 0.6) is 0 Å². The van der Waals surface area contributed by atoms with Crippen molar-refractivity contribution in [2.24, 2.45) is 11.3 Å². The normalized spacial score (nSPS) is 17.7. The molecular weight excluding hydrogens is 315 g/mol. The number of halogens is 1. The fourth-order valence-corrected chi connectivity index (χ4v) is 2.61. The molecule has 2 rings (SSSR count). The first-order valence-corrected chi connectivity index (χ1v) is 8.42. The largest absolute Gasteiger partial charge is 0.346 e. The summed E-state index contributed by atoms with van der Waals surface area (Å²) in [4.78, 5) is 25.9. The zero-order chi connectivity index (χ0) is 17.8. The van der Waals surface area contributed by atoms with Crippen LogP contribution >= 0.6 is 11.3 Å². The van der Waals surface area contributed by atoms with Gasteiger partial charge < -0.3 is 5.32 Å². The number of nitrogens with zero attached hydrogens (tertiary/aromatic N) is 1. The molecule has 0 radical (unpaired) electrons. The molecule has 23 heavy (non-hydrogen) atoms. The summed E-state index contributed by atoms with van der Waals surface area (Å²) >= 11 is 0.820. The minimum absolute atomic E-state index is 0.137. The summed E-state index contributed by atoms with van der Waals surface area (Å²) in [6.45, 7) is 11.9. The second-order valence-corrected chi connectivity index (χ2v) is 8.46. The van der Waals surface area contributed by atoms with E-state index in [1.807, 2.05) is 26.8 Å². The van der Waals surface area contributed by atoms with E-state index in [1.165, 1.54) is 5.38 Å². The highest BCUT2D eigenvalue weighted by atomic mass is 32.1. The Morgan fingerprint density at radius 2 is 1.91 bits per heavy atom. The third-order valence-electron chi connectivity index (χ3n) is 3.24. The third kappa shape index (κ3) is 6.60. The topological polar surface area (TPSA) is 59.1 Å². The van der Waals surface area contributed by atoms with Crippen LogP contribution in [0.4, 0.5) is 4.39 Å². The number of carbonyl (C=O) groups is 2. The van der Waals surface area contributed by atoms with Gasteiger partial charge in [0.05, 0.1) is 0 Å². The molecule has 0 saturated heterocycles. The van der Waals surface area contributed by atoms with Crippen LogP contribution in [0.1, 0.15) is 58.5 Å². The summed E-state index contributed by atoms with van der Waals surface area (Å²) in [5.41, 5.74) is -0.0463. The molecule has 1 aromatic heterocycles. The van der Waals surface area contributed by atoms with Gasteiger partial charge in [-0.2, -0.15) is 4.39 Å². The maximum atomic E-state index is 12.4. The maximum Gasteiger partial charge on any atom is 0.271 e. The monoisotopic (exact) mass is 340 g/mol. The van der Waals surface area contributed by atoms with Gasteiger partial charge in [-0.05, 0) is 38.7 Å². The van der Waals surface area contributed by atoms with Gasteiger partial charge in [-0.1, -0.05) is 38.2 Å². The average molecular weight is 340 g/mol. The molecule has 1 amide bonds. The van der Waals surface area contributed by atoms with Crippen molar-refractivity contribution in [1.82, 2.24) is 10.3 Å². The van der Waals surface area contributed by atoms with Crippen molar-refractivity contribution in [2.45, 2.75) is 53.5 Å². The molecule has 0 bridgehead atoms. The number of hydrogen-bond donors (Lipinski definition) is 1. The van der Waals surface area contributed by atoms with Gasteiger partial charge in [-0.25, -0.2) is 4.98 Å². The lowest BCUT2D eigenvalue weighted by Gasteiger charge is -2.24. The predicted octanol–water partition coefficient (Wildman–Crippen LogP) is 3.99. The van der Waals surface area contributed by atoms with E-state index in [1.54, 1.807) is 6.08 Å². The Morgan fingerprint density at radius 3 is 2.22 bits per heavy atom. The SMILES string of the molecule is CC(C)(C)C1CC=CC1=O.CC(C)(C)NC(=O)c1csc(F)n1. The van der Waals surface area contributed by atoms with Gasteiger partial charge in [-0.3, -0.25) is 9.59 Å². The molecule has 4 nitrogen and oxygen atoms in total. The van der Waals surface area contributed by atoms with E-state index in [4.69, 9.17) is 0 Å². The lowest BCUT2D eigenvalue weighted by Crippen LogP contribution is -2.40. The number of allylic oxidation sites excluding steroid dienone is 2. The van der Waals surface area contributed by atoms with Gasteiger partial charge in [0, 0.05) is 16.8 Å². The first-order valence-electron chi connectivity index (χ1n) is 7.54. The van der Waals surface area contributed by atoms with Crippen LogP contribution in [-0.4, -0.2) is 22.2 Å². The molecule has 1 unspecified atom stereocenters. The smallest absolute Gasteiger partial charge is 0.271 e. The molecule has 1 aromatic rings. The minimum Gasteiger partial charge on any atom is -0.346 e. The second kappa shape index (κ2) is 7.34. The standard InChI is InChI=1S/C9H14O.C8H11FN2OS/c1-9(2,3)7-5-4-6-8(7)10;1-8(2,3)11-6(12)5-4-13-7(9)10-5/h4,6-7H,5H2,1-3H3;4H,1-3H3,(H,11,12). The number of nitrogens with one attached hydrogen (secondary N) is 1. The second-order valence-electron chi connectivity index (χ2n) is 7.65. The van der Waals surface area contributed by atoms with Gasteiger partial charge in [0.25, 0.3) is 11.2 Å². The number of aromatic nitrogens is 1. The van der Waals surface area contributed by atoms with E-state index in [0.29, 0.717) is 5.78 Å². The van der Waals surface area contributed by atoms with Crippen LogP contribution in [0.2, 0.25) is 0 Å². The molecule has 0 saturated carbocycles. The summed E-state index contributed by atoms with van der Waals surface area (Å²) in [5.74, 6) is 0.188. The van der Waals surface area contributed by atoms with Crippen molar-refractivity contribution in [1.29, 1.82) is 0 Å². The van der Waals surface area contributed by atoms with Crippen molar-refractivity contribution in [3.8, 4) is 0 Å². The molecule has 0 fully saturated rings. The molecule has 0 aliphatic heterocycles. The van der Waals surface area contributed by atoms with Crippen LogP contribution in [0, 0.1) is 16.6 Å². The maximum absolute atomic E-state index is 12.4. The Balaban J connectivity index is 0.000000238. The molecule has 0 aromatic carbocycles. The van der Waals surface area contributed by atoms with E-state index in [0.717, 1.165) is 17.8 Å². The fraction of sp³-hybridized carbons (Fsp3) is 0.588. The zero-order valence-electron chi connectivity index (χ0n) is 14.6. The van der Waals surface area contributed by atoms with Crippen molar-refractivity contribution in [2.75, 3.05) is 0 Å². The highest BCUT2D eigenvalue weighted by Gasteiger charge is 2.31. The number of hydrogen-bond acceptors (Lipinski definition) is 4. The van der Waals surface area contributed by atoms with E-state index in [9.17, 15) is 14.0 Å². The molecule has 128 valence electrons. The molecule has 1 heterocycles. The molecule has 6 heteroatoms. The van der Waals surface area contributed by atoms with E-state index in [2.05, 4.69) is 31.1 Å².